The van der Waals surface area contributed by atoms with Crippen LogP contribution < -0.4 is 10.6 Å². The minimum absolute atomic E-state index is 0.163. The Balaban J connectivity index is 1.28. The molecule has 0 radical (unpaired) electrons. The van der Waals surface area contributed by atoms with E-state index in [1.54, 1.807) is 22.2 Å². The molecule has 5 rings (SSSR count). The van der Waals surface area contributed by atoms with Gasteiger partial charge in [0.2, 0.25) is 11.8 Å². The van der Waals surface area contributed by atoms with Gasteiger partial charge < -0.3 is 44.3 Å². The van der Waals surface area contributed by atoms with Gasteiger partial charge >= 0.3 is 12.2 Å². The fourth-order valence-electron chi connectivity index (χ4n) is 5.54. The van der Waals surface area contributed by atoms with Crippen molar-refractivity contribution in [1.82, 2.24) is 45.4 Å². The van der Waals surface area contributed by atoms with Gasteiger partial charge in [-0.05, 0) is 30.0 Å². The number of oxazole rings is 1. The summed E-state index contributed by atoms with van der Waals surface area (Å²) in [6, 6.07) is 11.9. The van der Waals surface area contributed by atoms with Crippen LogP contribution in [0.1, 0.15) is 38.3 Å². The highest BCUT2D eigenvalue weighted by Gasteiger charge is 2.20. The molecule has 0 aliphatic rings. The van der Waals surface area contributed by atoms with Crippen molar-refractivity contribution in [3.63, 3.8) is 0 Å². The van der Waals surface area contributed by atoms with Gasteiger partial charge in [0.05, 0.1) is 51.1 Å². The molecule has 0 aliphatic carbocycles. The Bertz CT molecular complexity index is 1970. The number of carbonyl (C=O) groups excluding carboxylic acids is 4. The molecule has 16 heteroatoms. The Labute approximate surface area is 293 Å². The Morgan fingerprint density at radius 1 is 0.706 bits per heavy atom. The molecule has 2 aromatic carbocycles. The zero-order valence-electron chi connectivity index (χ0n) is 28.9. The third-order valence-corrected chi connectivity index (χ3v) is 8.05. The topological polar surface area (TPSA) is 201 Å². The van der Waals surface area contributed by atoms with E-state index in [1.165, 1.54) is 20.6 Å². The van der Waals surface area contributed by atoms with Gasteiger partial charge in [0.15, 0.2) is 12.0 Å². The third-order valence-electron chi connectivity index (χ3n) is 8.05. The van der Waals surface area contributed by atoms with E-state index < -0.39 is 12.2 Å². The molecule has 0 atom stereocenters. The molecule has 5 aromatic rings. The van der Waals surface area contributed by atoms with Gasteiger partial charge in [0.25, 0.3) is 0 Å². The largest absolute Gasteiger partial charge is 0.453 e. The van der Waals surface area contributed by atoms with E-state index in [0.717, 1.165) is 40.8 Å². The fourth-order valence-corrected chi connectivity index (χ4v) is 5.54. The van der Waals surface area contributed by atoms with Crippen molar-refractivity contribution in [1.29, 1.82) is 0 Å². The molecule has 0 saturated heterocycles. The quantitative estimate of drug-likeness (QED) is 0.121. The molecule has 0 spiro atoms. The monoisotopic (exact) mass is 699 g/mol. The van der Waals surface area contributed by atoms with E-state index in [9.17, 15) is 19.2 Å². The van der Waals surface area contributed by atoms with Crippen LogP contribution in [0.25, 0.3) is 44.7 Å². The number of aromatic nitrogens is 5. The molecule has 4 amide bonds. The number of nitrogens with zero attached hydrogens (tertiary/aromatic N) is 5. The lowest BCUT2D eigenvalue weighted by Gasteiger charge is -2.21. The minimum atomic E-state index is -0.670. The van der Waals surface area contributed by atoms with E-state index in [4.69, 9.17) is 4.42 Å². The molecular weight excluding hydrogens is 658 g/mol. The highest BCUT2D eigenvalue weighted by Crippen LogP contribution is 2.35. The standard InChI is InChI=1S/C35H41N9O7/c1-5-13-43(30(45)17-38-34(47)49-3)19-28-36-15-26(41-28)23-9-7-22(8-10-23)24-11-12-25(33-32(24)40-21-51-33)27-16-37-29(42-27)20-44(14-6-2)31(46)18-39-35(48)50-4/h7-12,15-16,21H,5-6,13-14,17-20H2,1-4H3,(H,36,41)(H,37,42)(H,38,47)(H,39,48). The van der Waals surface area contributed by atoms with Gasteiger partial charge in [0.1, 0.15) is 30.3 Å². The second-order valence-electron chi connectivity index (χ2n) is 11.6. The number of amides is 4. The van der Waals surface area contributed by atoms with Crippen molar-refractivity contribution >= 4 is 35.1 Å². The molecule has 0 saturated carbocycles. The van der Waals surface area contributed by atoms with Crippen molar-refractivity contribution in [3.05, 3.63) is 66.8 Å². The molecule has 3 heterocycles. The zero-order valence-corrected chi connectivity index (χ0v) is 28.9. The summed E-state index contributed by atoms with van der Waals surface area (Å²) in [4.78, 5) is 71.6. The summed E-state index contributed by atoms with van der Waals surface area (Å²) < 4.78 is 15.0. The number of benzene rings is 2. The number of hydrogen-bond donors (Lipinski definition) is 4. The van der Waals surface area contributed by atoms with Gasteiger partial charge in [-0.25, -0.2) is 24.5 Å². The van der Waals surface area contributed by atoms with Crippen molar-refractivity contribution in [2.45, 2.75) is 39.8 Å². The summed E-state index contributed by atoms with van der Waals surface area (Å²) >= 11 is 0. The number of methoxy groups -OCH3 is 2. The van der Waals surface area contributed by atoms with E-state index in [2.05, 4.69) is 45.0 Å². The summed E-state index contributed by atoms with van der Waals surface area (Å²) in [5.74, 6) is 0.716. The van der Waals surface area contributed by atoms with E-state index in [0.29, 0.717) is 41.5 Å². The summed E-state index contributed by atoms with van der Waals surface area (Å²) in [5, 5.41) is 4.85. The Morgan fingerprint density at radius 3 is 1.76 bits per heavy atom. The second kappa shape index (κ2) is 17.0. The number of nitrogens with one attached hydrogen (secondary N) is 4. The predicted octanol–water partition coefficient (Wildman–Crippen LogP) is 4.46. The Morgan fingerprint density at radius 2 is 1.22 bits per heavy atom. The normalized spacial score (nSPS) is 10.9. The molecule has 0 bridgehead atoms. The maximum atomic E-state index is 12.7. The van der Waals surface area contributed by atoms with Gasteiger partial charge in [-0.15, -0.1) is 0 Å². The number of rotatable bonds is 15. The van der Waals surface area contributed by atoms with Gasteiger partial charge in [0, 0.05) is 24.2 Å². The lowest BCUT2D eigenvalue weighted by molar-refractivity contribution is -0.131. The molecular formula is C35H41N9O7. The first-order chi connectivity index (χ1) is 24.7. The first-order valence-corrected chi connectivity index (χ1v) is 16.5. The predicted molar refractivity (Wildman–Crippen MR) is 187 cm³/mol. The molecule has 268 valence electrons. The molecule has 0 fully saturated rings. The summed E-state index contributed by atoms with van der Waals surface area (Å²) in [7, 11) is 2.49. The van der Waals surface area contributed by atoms with Crippen LogP contribution in [-0.2, 0) is 32.2 Å². The average molecular weight is 700 g/mol. The van der Waals surface area contributed by atoms with E-state index >= 15 is 0 Å². The van der Waals surface area contributed by atoms with Crippen LogP contribution in [0.2, 0.25) is 0 Å². The first-order valence-electron chi connectivity index (χ1n) is 16.5. The summed E-state index contributed by atoms with van der Waals surface area (Å²) in [6.45, 7) is 5.11. The van der Waals surface area contributed by atoms with Crippen LogP contribution >= 0.6 is 0 Å². The number of imidazole rings is 2. The maximum absolute atomic E-state index is 12.7. The van der Waals surface area contributed by atoms with Gasteiger partial charge in [-0.3, -0.25) is 9.59 Å². The fraction of sp³-hybridized carbons (Fsp3) is 0.343. The number of H-pyrrole nitrogens is 2. The number of hydrogen-bond acceptors (Lipinski definition) is 10. The van der Waals surface area contributed by atoms with E-state index in [1.807, 2.05) is 50.2 Å². The van der Waals surface area contributed by atoms with Crippen LogP contribution in [0, 0.1) is 0 Å². The molecule has 16 nitrogen and oxygen atoms in total. The summed E-state index contributed by atoms with van der Waals surface area (Å²) in [5.41, 5.74) is 6.26. The average Bonchev–Trinajstić information content (AvgIpc) is 3.94. The number of alkyl carbamates (subject to hydrolysis) is 2. The smallest absolute Gasteiger partial charge is 0.407 e. The minimum Gasteiger partial charge on any atom is -0.453 e. The van der Waals surface area contributed by atoms with Crippen LogP contribution in [0.3, 0.4) is 0 Å². The molecule has 0 aliphatic heterocycles. The second-order valence-corrected chi connectivity index (χ2v) is 11.6. The zero-order chi connectivity index (χ0) is 36.3. The third kappa shape index (κ3) is 8.89. The Hall–Kier alpha value is -6.19. The lowest BCUT2D eigenvalue weighted by Crippen LogP contribution is -2.40. The van der Waals surface area contributed by atoms with E-state index in [-0.39, 0.29) is 38.0 Å². The van der Waals surface area contributed by atoms with Crippen molar-refractivity contribution in [3.8, 4) is 33.6 Å². The van der Waals surface area contributed by atoms with Gasteiger partial charge in [-0.2, -0.15) is 0 Å². The summed E-state index contributed by atoms with van der Waals surface area (Å²) in [6.07, 6.45) is 4.98. The molecule has 0 unspecified atom stereocenters. The number of carbonyl (C=O) groups is 4. The SMILES string of the molecule is CCCN(Cc1ncc(-c2ccc(-c3ccc(-c4cnc(CN(CCC)C(=O)CNC(=O)OC)[nH]4)c4ocnc34)cc2)[nH]1)C(=O)CNC(=O)OC. The number of ether oxygens (including phenoxy) is 2. The molecule has 3 aromatic heterocycles. The number of aromatic amines is 2. The van der Waals surface area contributed by atoms with Crippen LogP contribution in [0.5, 0.6) is 0 Å². The molecule has 4 N–H and O–H groups in total. The first kappa shape index (κ1) is 36.1. The highest BCUT2D eigenvalue weighted by molar-refractivity contribution is 5.99. The Kier molecular flexibility index (Phi) is 12.0. The van der Waals surface area contributed by atoms with Crippen LogP contribution in [0.4, 0.5) is 9.59 Å². The highest BCUT2D eigenvalue weighted by atomic mass is 16.5. The van der Waals surface area contributed by atoms with Crippen LogP contribution in [0.15, 0.2) is 59.6 Å². The van der Waals surface area contributed by atoms with Crippen molar-refractivity contribution in [2.24, 2.45) is 0 Å². The number of fused-ring (bicyclic) bond motifs is 1. The lowest BCUT2D eigenvalue weighted by atomic mass is 9.99. The van der Waals surface area contributed by atoms with Crippen molar-refractivity contribution < 1.29 is 33.1 Å². The molecule has 51 heavy (non-hydrogen) atoms. The van der Waals surface area contributed by atoms with Crippen molar-refractivity contribution in [2.75, 3.05) is 40.4 Å². The maximum Gasteiger partial charge on any atom is 0.407 e. The van der Waals surface area contributed by atoms with Gasteiger partial charge in [-0.1, -0.05) is 44.2 Å². The van der Waals surface area contributed by atoms with Crippen LogP contribution in [-0.4, -0.2) is 99.1 Å².